The van der Waals surface area contributed by atoms with Gasteiger partial charge >= 0.3 is 0 Å². The Morgan fingerprint density at radius 1 is 1.14 bits per heavy atom. The smallest absolute Gasteiger partial charge is 0.111 e. The van der Waals surface area contributed by atoms with Gasteiger partial charge in [-0.3, -0.25) is 0 Å². The zero-order valence-electron chi connectivity index (χ0n) is 12.4. The maximum atomic E-state index is 9.59. The number of thiophene rings is 1. The van der Waals surface area contributed by atoms with Gasteiger partial charge in [0.25, 0.3) is 0 Å². The van der Waals surface area contributed by atoms with Gasteiger partial charge in [0.2, 0.25) is 0 Å². The molecule has 0 spiro atoms. The molecule has 3 heteroatoms. The first-order chi connectivity index (χ1) is 9.88. The average molecular weight is 300 g/mol. The maximum Gasteiger partial charge on any atom is 0.111 e. The number of aliphatic hydroxyl groups excluding tert-OH is 2. The molecule has 0 fully saturated rings. The molecule has 0 bridgehead atoms. The summed E-state index contributed by atoms with van der Waals surface area (Å²) in [6, 6.07) is 3.91. The molecule has 1 aromatic heterocycles. The fraction of sp³-hybridized carbons (Fsp3) is 0.111. The number of hydrogen-bond acceptors (Lipinski definition) is 3. The lowest BCUT2D eigenvalue weighted by Crippen LogP contribution is -1.81. The molecule has 0 saturated carbocycles. The number of aliphatic hydroxyl groups is 2. The Labute approximate surface area is 130 Å². The second-order valence-electron chi connectivity index (χ2n) is 4.48. The van der Waals surface area contributed by atoms with Crippen LogP contribution in [0.15, 0.2) is 73.3 Å². The molecule has 1 rings (SSSR count). The topological polar surface area (TPSA) is 40.5 Å². The van der Waals surface area contributed by atoms with E-state index < -0.39 is 0 Å². The summed E-state index contributed by atoms with van der Waals surface area (Å²) in [4.78, 5) is 1.97. The van der Waals surface area contributed by atoms with Gasteiger partial charge in [0.05, 0.1) is 0 Å². The van der Waals surface area contributed by atoms with Crippen LogP contribution in [0.4, 0.5) is 0 Å². The molecule has 0 saturated heterocycles. The molecule has 0 aromatic carbocycles. The first-order valence-corrected chi connectivity index (χ1v) is 7.26. The number of rotatable bonds is 6. The average Bonchev–Trinajstić information content (AvgIpc) is 2.93. The van der Waals surface area contributed by atoms with E-state index in [2.05, 4.69) is 19.7 Å². The molecule has 0 aliphatic rings. The van der Waals surface area contributed by atoms with Crippen LogP contribution in [0.25, 0.3) is 11.1 Å². The van der Waals surface area contributed by atoms with Gasteiger partial charge in [-0.15, -0.1) is 11.3 Å². The van der Waals surface area contributed by atoms with Crippen molar-refractivity contribution in [3.8, 4) is 0 Å². The second kappa shape index (κ2) is 7.50. The Kier molecular flexibility index (Phi) is 6.00. The summed E-state index contributed by atoms with van der Waals surface area (Å²) >= 11 is 1.55. The highest BCUT2D eigenvalue weighted by atomic mass is 32.1. The normalized spacial score (nSPS) is 13.1. The van der Waals surface area contributed by atoms with E-state index in [9.17, 15) is 10.2 Å². The summed E-state index contributed by atoms with van der Waals surface area (Å²) in [6.45, 7) is 14.8. The van der Waals surface area contributed by atoms with Crippen LogP contribution in [0.2, 0.25) is 0 Å². The van der Waals surface area contributed by atoms with Gasteiger partial charge in [-0.25, -0.2) is 0 Å². The molecule has 2 N–H and O–H groups in total. The van der Waals surface area contributed by atoms with Gasteiger partial charge in [0, 0.05) is 9.75 Å². The Bertz CT molecular complexity index is 655. The summed E-state index contributed by atoms with van der Waals surface area (Å²) in [6.07, 6.45) is 6.78. The molecule has 21 heavy (non-hydrogen) atoms. The molecule has 2 nitrogen and oxygen atoms in total. The number of allylic oxidation sites excluding steroid dienone is 7. The van der Waals surface area contributed by atoms with E-state index in [1.807, 2.05) is 12.1 Å². The summed E-state index contributed by atoms with van der Waals surface area (Å²) in [7, 11) is 0. The summed E-state index contributed by atoms with van der Waals surface area (Å²) < 4.78 is 0. The lowest BCUT2D eigenvalue weighted by molar-refractivity contribution is 0.426. The third kappa shape index (κ3) is 4.65. The maximum absolute atomic E-state index is 9.59. The van der Waals surface area contributed by atoms with E-state index >= 15 is 0 Å². The van der Waals surface area contributed by atoms with E-state index in [0.29, 0.717) is 5.57 Å². The van der Waals surface area contributed by atoms with E-state index in [1.165, 1.54) is 0 Å². The van der Waals surface area contributed by atoms with Crippen LogP contribution in [0.3, 0.4) is 0 Å². The standard InChI is InChI=1S/C18H20O2S/c1-6-15(11-16(20)7-2)18-9-8-17(21-18)13(4)10-12(3)14(5)19/h6-11,19-20H,1,4-5H2,2-3H3/b12-10-,15-11+,16-7+. The van der Waals surface area contributed by atoms with Crippen molar-refractivity contribution in [1.82, 2.24) is 0 Å². The Hall–Kier alpha value is -2.26. The molecule has 110 valence electrons. The highest BCUT2D eigenvalue weighted by molar-refractivity contribution is 7.14. The van der Waals surface area contributed by atoms with Crippen LogP contribution in [0.5, 0.6) is 0 Å². The van der Waals surface area contributed by atoms with Crippen LogP contribution in [-0.2, 0) is 0 Å². The molecule has 0 amide bonds. The first-order valence-electron chi connectivity index (χ1n) is 6.44. The Morgan fingerprint density at radius 2 is 1.76 bits per heavy atom. The van der Waals surface area contributed by atoms with E-state index in [0.717, 1.165) is 20.9 Å². The molecule has 0 atom stereocenters. The molecule has 1 heterocycles. The molecular formula is C18H20O2S. The Morgan fingerprint density at radius 3 is 2.29 bits per heavy atom. The third-order valence-electron chi connectivity index (χ3n) is 2.87. The SMILES string of the molecule is C=C/C(=C\C(O)=C/C)c1ccc(C(=C)/C=C(/C)C(=C)O)s1. The monoisotopic (exact) mass is 300 g/mol. The zero-order chi connectivity index (χ0) is 16.0. The largest absolute Gasteiger partial charge is 0.508 e. The van der Waals surface area contributed by atoms with Gasteiger partial charge in [0.15, 0.2) is 0 Å². The highest BCUT2D eigenvalue weighted by Gasteiger charge is 2.06. The summed E-state index contributed by atoms with van der Waals surface area (Å²) in [5.41, 5.74) is 2.33. The minimum absolute atomic E-state index is 0.0395. The molecule has 1 aromatic rings. The molecule has 0 aliphatic heterocycles. The summed E-state index contributed by atoms with van der Waals surface area (Å²) in [5.74, 6) is 0.239. The van der Waals surface area contributed by atoms with Crippen LogP contribution >= 0.6 is 11.3 Å². The van der Waals surface area contributed by atoms with Gasteiger partial charge in [-0.1, -0.05) is 25.8 Å². The van der Waals surface area contributed by atoms with E-state index in [-0.39, 0.29) is 11.5 Å². The van der Waals surface area contributed by atoms with Crippen molar-refractivity contribution in [2.24, 2.45) is 0 Å². The highest BCUT2D eigenvalue weighted by Crippen LogP contribution is 2.30. The fourth-order valence-corrected chi connectivity index (χ4v) is 2.51. The van der Waals surface area contributed by atoms with Crippen molar-refractivity contribution in [2.75, 3.05) is 0 Å². The number of hydrogen-bond donors (Lipinski definition) is 2. The van der Waals surface area contributed by atoms with Crippen molar-refractivity contribution in [3.05, 3.63) is 83.0 Å². The lowest BCUT2D eigenvalue weighted by Gasteiger charge is -2.01. The second-order valence-corrected chi connectivity index (χ2v) is 5.56. The van der Waals surface area contributed by atoms with Gasteiger partial charge in [-0.05, 0) is 60.9 Å². The lowest BCUT2D eigenvalue weighted by atomic mass is 10.1. The quantitative estimate of drug-likeness (QED) is 0.514. The predicted molar refractivity (Wildman–Crippen MR) is 93.4 cm³/mol. The van der Waals surface area contributed by atoms with Gasteiger partial charge in [-0.2, -0.15) is 0 Å². The zero-order valence-corrected chi connectivity index (χ0v) is 13.2. The van der Waals surface area contributed by atoms with Crippen molar-refractivity contribution >= 4 is 22.5 Å². The van der Waals surface area contributed by atoms with Crippen LogP contribution in [0, 0.1) is 0 Å². The van der Waals surface area contributed by atoms with Gasteiger partial charge < -0.3 is 10.2 Å². The van der Waals surface area contributed by atoms with Crippen molar-refractivity contribution in [1.29, 1.82) is 0 Å². The van der Waals surface area contributed by atoms with Crippen LogP contribution in [-0.4, -0.2) is 10.2 Å². The molecular weight excluding hydrogens is 280 g/mol. The van der Waals surface area contributed by atoms with Crippen molar-refractivity contribution in [2.45, 2.75) is 13.8 Å². The molecule has 0 radical (unpaired) electrons. The predicted octanol–water partition coefficient (Wildman–Crippen LogP) is 5.81. The van der Waals surface area contributed by atoms with E-state index in [4.69, 9.17) is 0 Å². The Balaban J connectivity index is 3.08. The minimum atomic E-state index is 0.0395. The van der Waals surface area contributed by atoms with Crippen LogP contribution < -0.4 is 0 Å². The van der Waals surface area contributed by atoms with Gasteiger partial charge in [0.1, 0.15) is 11.5 Å². The minimum Gasteiger partial charge on any atom is -0.508 e. The third-order valence-corrected chi connectivity index (χ3v) is 4.08. The van der Waals surface area contributed by atoms with Crippen molar-refractivity contribution in [3.63, 3.8) is 0 Å². The summed E-state index contributed by atoms with van der Waals surface area (Å²) in [5, 5.41) is 18.9. The fourth-order valence-electron chi connectivity index (χ4n) is 1.55. The first kappa shape index (κ1) is 16.8. The molecule has 0 unspecified atom stereocenters. The van der Waals surface area contributed by atoms with E-state index in [1.54, 1.807) is 49.5 Å². The van der Waals surface area contributed by atoms with Crippen molar-refractivity contribution < 1.29 is 10.2 Å². The van der Waals surface area contributed by atoms with Crippen LogP contribution in [0.1, 0.15) is 23.6 Å². The molecule has 0 aliphatic carbocycles.